The van der Waals surface area contributed by atoms with E-state index in [2.05, 4.69) is 20.8 Å². The Morgan fingerprint density at radius 2 is 2.04 bits per heavy atom. The van der Waals surface area contributed by atoms with Gasteiger partial charge in [0.15, 0.2) is 0 Å². The summed E-state index contributed by atoms with van der Waals surface area (Å²) < 4.78 is 6.41. The topological polar surface area (TPSA) is 98.1 Å². The molecule has 8 nitrogen and oxygen atoms in total. The third-order valence-corrected chi connectivity index (χ3v) is 3.67. The molecule has 2 N–H and O–H groups in total. The number of methoxy groups -OCH3 is 1. The summed E-state index contributed by atoms with van der Waals surface area (Å²) in [6.07, 6.45) is 1.40. The highest BCUT2D eigenvalue weighted by Gasteiger charge is 2.11. The van der Waals surface area contributed by atoms with Crippen LogP contribution in [-0.4, -0.2) is 27.6 Å². The van der Waals surface area contributed by atoms with Gasteiger partial charge in [0.2, 0.25) is 11.8 Å². The molecule has 3 aromatic rings. The fourth-order valence-corrected chi connectivity index (χ4v) is 2.38. The Morgan fingerprint density at radius 3 is 2.72 bits per heavy atom. The first kappa shape index (κ1) is 16.4. The van der Waals surface area contributed by atoms with Crippen molar-refractivity contribution in [2.45, 2.75) is 13.5 Å². The van der Waals surface area contributed by atoms with Crippen LogP contribution < -0.4 is 21.1 Å². The Kier molecular flexibility index (Phi) is 4.60. The minimum atomic E-state index is -0.403. The van der Waals surface area contributed by atoms with Crippen molar-refractivity contribution in [1.82, 2.24) is 20.0 Å². The lowest BCUT2D eigenvalue weighted by Crippen LogP contribution is -2.34. The van der Waals surface area contributed by atoms with Gasteiger partial charge in [-0.1, -0.05) is 12.1 Å². The maximum atomic E-state index is 12.5. The molecule has 0 spiro atoms. The predicted octanol–water partition coefficient (Wildman–Crippen LogP) is 1.58. The van der Waals surface area contributed by atoms with Crippen LogP contribution in [0, 0.1) is 0 Å². The third-order valence-electron chi connectivity index (χ3n) is 3.67. The minimum absolute atomic E-state index is 0.170. The predicted molar refractivity (Wildman–Crippen MR) is 93.6 cm³/mol. The van der Waals surface area contributed by atoms with Gasteiger partial charge in [-0.15, -0.1) is 0 Å². The number of hydrogen-bond acceptors (Lipinski definition) is 6. The molecule has 0 fully saturated rings. The summed E-state index contributed by atoms with van der Waals surface area (Å²) in [5, 5.41) is 0.528. The van der Waals surface area contributed by atoms with E-state index in [1.165, 1.54) is 17.9 Å². The summed E-state index contributed by atoms with van der Waals surface area (Å²) in [5.74, 6) is 0.279. The molecule has 0 unspecified atom stereocenters. The van der Waals surface area contributed by atoms with Gasteiger partial charge in [0.25, 0.3) is 11.5 Å². The molecule has 3 rings (SSSR count). The van der Waals surface area contributed by atoms with Crippen LogP contribution in [-0.2, 0) is 6.54 Å². The second kappa shape index (κ2) is 7.00. The van der Waals surface area contributed by atoms with Crippen LogP contribution in [0.5, 0.6) is 5.88 Å². The quantitative estimate of drug-likeness (QED) is 0.685. The van der Waals surface area contributed by atoms with Gasteiger partial charge >= 0.3 is 0 Å². The Labute approximate surface area is 143 Å². The Balaban J connectivity index is 1.84. The average Bonchev–Trinajstić information content (AvgIpc) is 2.66. The number of nitrogens with zero attached hydrogens (tertiary/aromatic N) is 3. The molecule has 2 aromatic heterocycles. The van der Waals surface area contributed by atoms with Gasteiger partial charge in [-0.05, 0) is 25.1 Å². The first-order chi connectivity index (χ1) is 12.1. The van der Waals surface area contributed by atoms with Crippen molar-refractivity contribution in [3.63, 3.8) is 0 Å². The van der Waals surface area contributed by atoms with Crippen molar-refractivity contribution in [3.05, 3.63) is 58.5 Å². The molecule has 8 heteroatoms. The second-order valence-electron chi connectivity index (χ2n) is 5.17. The summed E-state index contributed by atoms with van der Waals surface area (Å²) >= 11 is 0. The Morgan fingerprint density at radius 1 is 1.24 bits per heavy atom. The Bertz CT molecular complexity index is 966. The number of fused-ring (bicyclic) bond motifs is 1. The largest absolute Gasteiger partial charge is 0.481 e. The van der Waals surface area contributed by atoms with E-state index >= 15 is 0 Å². The number of aromatic nitrogens is 3. The van der Waals surface area contributed by atoms with Gasteiger partial charge in [0.05, 0.1) is 23.6 Å². The molecule has 0 aliphatic heterocycles. The van der Waals surface area contributed by atoms with E-state index in [1.807, 2.05) is 6.92 Å². The number of anilines is 1. The van der Waals surface area contributed by atoms with Crippen molar-refractivity contribution in [2.75, 3.05) is 12.5 Å². The van der Waals surface area contributed by atoms with Crippen LogP contribution in [0.3, 0.4) is 0 Å². The van der Waals surface area contributed by atoms with E-state index in [-0.39, 0.29) is 11.5 Å². The molecule has 0 aliphatic rings. The smallest absolute Gasteiger partial charge is 0.271 e. The summed E-state index contributed by atoms with van der Waals surface area (Å²) in [5.41, 5.74) is 5.98. The first-order valence-corrected chi connectivity index (χ1v) is 7.70. The number of hydrazine groups is 1. The van der Waals surface area contributed by atoms with Crippen LogP contribution in [0.1, 0.15) is 17.3 Å². The monoisotopic (exact) mass is 339 g/mol. The number of para-hydroxylation sites is 1. The number of carbonyl (C=O) groups excluding carboxylic acids is 1. The maximum absolute atomic E-state index is 12.5. The van der Waals surface area contributed by atoms with Crippen LogP contribution in [0.15, 0.2) is 47.4 Å². The number of carbonyl (C=O) groups is 1. The Hall–Kier alpha value is -3.42. The number of pyridine rings is 1. The first-order valence-electron chi connectivity index (χ1n) is 7.70. The molecule has 0 atom stereocenters. The fraction of sp³-hybridized carbons (Fsp3) is 0.176. The number of benzene rings is 1. The standard InChI is InChI=1S/C17H17N5O3/c1-3-22-16(24)12-6-4-5-7-13(12)19-17(22)21-20-15(23)11-8-9-14(25-2)18-10-11/h4-10H,3H2,1-2H3,(H,19,21)(H,20,23). The summed E-state index contributed by atoms with van der Waals surface area (Å²) in [4.78, 5) is 33.1. The molecular formula is C17H17N5O3. The molecule has 128 valence electrons. The zero-order chi connectivity index (χ0) is 17.8. The highest BCUT2D eigenvalue weighted by atomic mass is 16.5. The number of hydrogen-bond donors (Lipinski definition) is 2. The van der Waals surface area contributed by atoms with E-state index in [9.17, 15) is 9.59 Å². The van der Waals surface area contributed by atoms with Crippen molar-refractivity contribution in [1.29, 1.82) is 0 Å². The van der Waals surface area contributed by atoms with Gasteiger partial charge in [-0.3, -0.25) is 25.0 Å². The molecule has 2 heterocycles. The normalized spacial score (nSPS) is 10.5. The van der Waals surface area contributed by atoms with Crippen LogP contribution in [0.2, 0.25) is 0 Å². The zero-order valence-corrected chi connectivity index (χ0v) is 13.8. The third kappa shape index (κ3) is 3.27. The fourth-order valence-electron chi connectivity index (χ4n) is 2.38. The molecule has 1 aromatic carbocycles. The number of rotatable bonds is 5. The van der Waals surface area contributed by atoms with Crippen molar-refractivity contribution in [3.8, 4) is 5.88 Å². The molecule has 0 bridgehead atoms. The highest BCUT2D eigenvalue weighted by Crippen LogP contribution is 2.11. The molecule has 1 amide bonds. The molecule has 0 radical (unpaired) electrons. The lowest BCUT2D eigenvalue weighted by Gasteiger charge is -2.14. The van der Waals surface area contributed by atoms with E-state index in [4.69, 9.17) is 4.74 Å². The lowest BCUT2D eigenvalue weighted by molar-refractivity contribution is 0.0961. The summed E-state index contributed by atoms with van der Waals surface area (Å²) in [6, 6.07) is 10.2. The summed E-state index contributed by atoms with van der Waals surface area (Å²) in [7, 11) is 1.50. The zero-order valence-electron chi connectivity index (χ0n) is 13.8. The molecule has 0 aliphatic carbocycles. The van der Waals surface area contributed by atoms with Crippen LogP contribution >= 0.6 is 0 Å². The average molecular weight is 339 g/mol. The van der Waals surface area contributed by atoms with E-state index in [1.54, 1.807) is 36.4 Å². The van der Waals surface area contributed by atoms with Crippen LogP contribution in [0.4, 0.5) is 5.95 Å². The molecule has 25 heavy (non-hydrogen) atoms. The van der Waals surface area contributed by atoms with Gasteiger partial charge in [0, 0.05) is 18.8 Å². The summed E-state index contributed by atoms with van der Waals surface area (Å²) in [6.45, 7) is 2.25. The number of ether oxygens (including phenoxy) is 1. The van der Waals surface area contributed by atoms with Gasteiger partial charge in [0.1, 0.15) is 0 Å². The van der Waals surface area contributed by atoms with Crippen molar-refractivity contribution in [2.24, 2.45) is 0 Å². The maximum Gasteiger partial charge on any atom is 0.271 e. The van der Waals surface area contributed by atoms with E-state index < -0.39 is 5.91 Å². The van der Waals surface area contributed by atoms with Crippen molar-refractivity contribution < 1.29 is 9.53 Å². The molecular weight excluding hydrogens is 322 g/mol. The van der Waals surface area contributed by atoms with Gasteiger partial charge in [-0.2, -0.15) is 0 Å². The molecule has 0 saturated heterocycles. The van der Waals surface area contributed by atoms with Gasteiger partial charge in [-0.25, -0.2) is 9.97 Å². The second-order valence-corrected chi connectivity index (χ2v) is 5.17. The SMILES string of the molecule is CCn1c(NNC(=O)c2ccc(OC)nc2)nc2ccccc2c1=O. The van der Waals surface area contributed by atoms with E-state index in [0.717, 1.165) is 0 Å². The van der Waals surface area contributed by atoms with Crippen LogP contribution in [0.25, 0.3) is 10.9 Å². The lowest BCUT2D eigenvalue weighted by atomic mass is 10.2. The highest BCUT2D eigenvalue weighted by molar-refractivity contribution is 5.94. The van der Waals surface area contributed by atoms with E-state index in [0.29, 0.717) is 28.9 Å². The van der Waals surface area contributed by atoms with Crippen molar-refractivity contribution >= 4 is 22.8 Å². The minimum Gasteiger partial charge on any atom is -0.481 e. The molecule has 0 saturated carbocycles. The number of amides is 1. The number of nitrogens with one attached hydrogen (secondary N) is 2. The van der Waals surface area contributed by atoms with Gasteiger partial charge < -0.3 is 4.74 Å².